The summed E-state index contributed by atoms with van der Waals surface area (Å²) in [6.45, 7) is 0.685. The van der Waals surface area contributed by atoms with Gasteiger partial charge in [-0.05, 0) is 66.3 Å². The minimum absolute atomic E-state index is 0.0225. The van der Waals surface area contributed by atoms with Gasteiger partial charge in [-0.3, -0.25) is 19.3 Å². The summed E-state index contributed by atoms with van der Waals surface area (Å²) in [5, 5.41) is 10.3. The van der Waals surface area contributed by atoms with E-state index in [1.54, 1.807) is 28.4 Å². The van der Waals surface area contributed by atoms with Gasteiger partial charge in [0.05, 0.1) is 17.9 Å². The number of nitrogens with one attached hydrogen (secondary N) is 2. The number of hydrogen-bond donors (Lipinski definition) is 2. The highest BCUT2D eigenvalue weighted by atomic mass is 32.1. The van der Waals surface area contributed by atoms with E-state index in [1.165, 1.54) is 19.3 Å². The summed E-state index contributed by atoms with van der Waals surface area (Å²) in [5.74, 6) is -0.362. The molecular weight excluding hydrogens is 436 g/mol. The Morgan fingerprint density at radius 3 is 2.58 bits per heavy atom. The van der Waals surface area contributed by atoms with Crippen molar-refractivity contribution in [3.8, 4) is 0 Å². The summed E-state index contributed by atoms with van der Waals surface area (Å²) in [7, 11) is 0. The summed E-state index contributed by atoms with van der Waals surface area (Å²) in [5.41, 5.74) is 2.93. The highest BCUT2D eigenvalue weighted by molar-refractivity contribution is 7.07. The summed E-state index contributed by atoms with van der Waals surface area (Å²) in [6, 6.07) is 7.87. The average molecular weight is 467 g/mol. The number of rotatable bonds is 7. The van der Waals surface area contributed by atoms with E-state index in [1.807, 2.05) is 27.8 Å². The topological polar surface area (TPSA) is 81.8 Å². The molecule has 5 rings (SSSR count). The third-order valence-corrected chi connectivity index (χ3v) is 7.48. The third kappa shape index (κ3) is 4.96. The molecule has 0 atom stereocenters. The van der Waals surface area contributed by atoms with E-state index >= 15 is 0 Å². The molecule has 1 aliphatic heterocycles. The van der Waals surface area contributed by atoms with Crippen LogP contribution < -0.4 is 20.4 Å². The maximum absolute atomic E-state index is 13.2. The molecule has 0 spiro atoms. The summed E-state index contributed by atoms with van der Waals surface area (Å²) in [4.78, 5) is 42.3. The van der Waals surface area contributed by atoms with Crippen molar-refractivity contribution in [2.75, 3.05) is 22.9 Å². The molecule has 3 aliphatic rings. The van der Waals surface area contributed by atoms with Crippen molar-refractivity contribution in [1.82, 2.24) is 10.6 Å². The first-order chi connectivity index (χ1) is 16.1. The Labute approximate surface area is 198 Å². The van der Waals surface area contributed by atoms with E-state index in [0.717, 1.165) is 36.9 Å². The lowest BCUT2D eigenvalue weighted by atomic mass is 9.95. The number of thiophene rings is 1. The maximum Gasteiger partial charge on any atom is 0.251 e. The van der Waals surface area contributed by atoms with Gasteiger partial charge in [0.2, 0.25) is 11.8 Å². The zero-order chi connectivity index (χ0) is 22.8. The molecule has 2 N–H and O–H groups in total. The van der Waals surface area contributed by atoms with Crippen molar-refractivity contribution in [2.24, 2.45) is 0 Å². The highest BCUT2D eigenvalue weighted by Crippen LogP contribution is 2.41. The van der Waals surface area contributed by atoms with Gasteiger partial charge in [0.1, 0.15) is 6.54 Å². The molecule has 3 amide bonds. The van der Waals surface area contributed by atoms with Crippen molar-refractivity contribution < 1.29 is 14.4 Å². The van der Waals surface area contributed by atoms with Gasteiger partial charge in [0, 0.05) is 24.2 Å². The first-order valence-electron chi connectivity index (χ1n) is 11.9. The molecule has 8 heteroatoms. The van der Waals surface area contributed by atoms with Crippen molar-refractivity contribution in [3.05, 3.63) is 46.2 Å². The molecule has 2 aliphatic carbocycles. The molecule has 0 saturated heterocycles. The van der Waals surface area contributed by atoms with E-state index in [4.69, 9.17) is 0 Å². The predicted molar refractivity (Wildman–Crippen MR) is 130 cm³/mol. The van der Waals surface area contributed by atoms with Crippen LogP contribution in [0.4, 0.5) is 11.4 Å². The summed E-state index contributed by atoms with van der Waals surface area (Å²) in [6.07, 6.45) is 7.78. The maximum atomic E-state index is 13.2. The predicted octanol–water partition coefficient (Wildman–Crippen LogP) is 3.44. The number of fused-ring (bicyclic) bond motifs is 1. The molecule has 7 nitrogen and oxygen atoms in total. The molecule has 0 unspecified atom stereocenters. The Balaban J connectivity index is 1.35. The Morgan fingerprint density at radius 1 is 1.03 bits per heavy atom. The lowest BCUT2D eigenvalue weighted by Crippen LogP contribution is -2.51. The normalized spacial score (nSPS) is 18.8. The van der Waals surface area contributed by atoms with Gasteiger partial charge >= 0.3 is 0 Å². The van der Waals surface area contributed by atoms with Crippen LogP contribution in [0.25, 0.3) is 0 Å². The lowest BCUT2D eigenvalue weighted by molar-refractivity contribution is -0.122. The Hall–Kier alpha value is -2.71. The van der Waals surface area contributed by atoms with Crippen molar-refractivity contribution >= 4 is 40.4 Å². The van der Waals surface area contributed by atoms with Crippen LogP contribution in [0, 0.1) is 0 Å². The van der Waals surface area contributed by atoms with Gasteiger partial charge in [-0.25, -0.2) is 0 Å². The van der Waals surface area contributed by atoms with E-state index in [9.17, 15) is 14.4 Å². The lowest BCUT2D eigenvalue weighted by Gasteiger charge is -2.37. The van der Waals surface area contributed by atoms with Crippen LogP contribution in [0.1, 0.15) is 60.9 Å². The largest absolute Gasteiger partial charge is 0.348 e. The molecule has 1 aromatic carbocycles. The van der Waals surface area contributed by atoms with Crippen molar-refractivity contribution in [1.29, 1.82) is 0 Å². The number of hydrogen-bond acceptors (Lipinski definition) is 5. The molecule has 2 aromatic rings. The first-order valence-corrected chi connectivity index (χ1v) is 12.8. The fraction of sp³-hybridized carbons (Fsp3) is 0.480. The van der Waals surface area contributed by atoms with Crippen LogP contribution in [-0.2, 0) is 16.1 Å². The Kier molecular flexibility index (Phi) is 6.46. The van der Waals surface area contributed by atoms with Crippen molar-refractivity contribution in [2.45, 2.75) is 63.6 Å². The molecule has 2 heterocycles. The number of benzene rings is 1. The molecule has 1 aromatic heterocycles. The van der Waals surface area contributed by atoms with Crippen LogP contribution >= 0.6 is 11.3 Å². The number of carbonyl (C=O) groups is 3. The molecule has 2 saturated carbocycles. The summed E-state index contributed by atoms with van der Waals surface area (Å²) < 4.78 is 0. The minimum Gasteiger partial charge on any atom is -0.348 e. The second-order valence-corrected chi connectivity index (χ2v) is 9.99. The quantitative estimate of drug-likeness (QED) is 0.655. The van der Waals surface area contributed by atoms with Gasteiger partial charge in [0.15, 0.2) is 0 Å². The number of carbonyl (C=O) groups excluding carboxylic acids is 3. The Bertz CT molecular complexity index is 1030. The van der Waals surface area contributed by atoms with Crippen LogP contribution in [-0.4, -0.2) is 42.9 Å². The highest BCUT2D eigenvalue weighted by Gasteiger charge is 2.40. The van der Waals surface area contributed by atoms with Crippen LogP contribution in [0.5, 0.6) is 0 Å². The third-order valence-electron chi connectivity index (χ3n) is 6.74. The molecule has 0 radical (unpaired) electrons. The minimum atomic E-state index is -0.188. The van der Waals surface area contributed by atoms with Gasteiger partial charge in [-0.15, -0.1) is 0 Å². The zero-order valence-corrected chi connectivity index (χ0v) is 19.5. The standard InChI is InChI=1S/C25H30N4O3S/c30-23(14-26-19-4-2-1-3-5-19)28-15-24(31)29(20-7-8-20)21-9-6-18(12-22(21)28)25(32)27-13-17-10-11-33-16-17/h6,9-12,16,19-20,26H,1-5,7-8,13-15H2,(H,27,32). The molecule has 2 fully saturated rings. The smallest absolute Gasteiger partial charge is 0.251 e. The monoisotopic (exact) mass is 466 g/mol. The number of nitrogens with zero attached hydrogens (tertiary/aromatic N) is 2. The summed E-state index contributed by atoms with van der Waals surface area (Å²) >= 11 is 1.59. The molecular formula is C25H30N4O3S. The number of amides is 3. The van der Waals surface area contributed by atoms with Crippen LogP contribution in [0.15, 0.2) is 35.0 Å². The van der Waals surface area contributed by atoms with Gasteiger partial charge in [0.25, 0.3) is 5.91 Å². The second kappa shape index (κ2) is 9.65. The van der Waals surface area contributed by atoms with Gasteiger partial charge in [-0.1, -0.05) is 19.3 Å². The van der Waals surface area contributed by atoms with Gasteiger partial charge in [-0.2, -0.15) is 11.3 Å². The van der Waals surface area contributed by atoms with Gasteiger partial charge < -0.3 is 15.5 Å². The van der Waals surface area contributed by atoms with E-state index in [2.05, 4.69) is 10.6 Å². The molecule has 0 bridgehead atoms. The van der Waals surface area contributed by atoms with Crippen LogP contribution in [0.3, 0.4) is 0 Å². The first kappa shape index (κ1) is 22.1. The van der Waals surface area contributed by atoms with Crippen molar-refractivity contribution in [3.63, 3.8) is 0 Å². The number of anilines is 2. The zero-order valence-electron chi connectivity index (χ0n) is 18.7. The fourth-order valence-corrected chi connectivity index (χ4v) is 5.45. The SMILES string of the molecule is O=C(NCc1ccsc1)c1ccc2c(c1)N(C(=O)CNC1CCCCC1)CC(=O)N2C1CC1. The van der Waals surface area contributed by atoms with E-state index in [-0.39, 0.29) is 36.9 Å². The fourth-order valence-electron chi connectivity index (χ4n) is 4.78. The average Bonchev–Trinajstić information content (AvgIpc) is 3.54. The Morgan fingerprint density at radius 2 is 1.85 bits per heavy atom. The van der Waals surface area contributed by atoms with Crippen LogP contribution in [0.2, 0.25) is 0 Å². The van der Waals surface area contributed by atoms with E-state index < -0.39 is 0 Å². The second-order valence-electron chi connectivity index (χ2n) is 9.21. The molecule has 33 heavy (non-hydrogen) atoms. The van der Waals surface area contributed by atoms with E-state index in [0.29, 0.717) is 23.8 Å². The molecule has 174 valence electrons.